The van der Waals surface area contributed by atoms with Gasteiger partial charge in [0.15, 0.2) is 0 Å². The van der Waals surface area contributed by atoms with E-state index < -0.39 is 11.9 Å². The number of carbonyl (C=O) groups excluding carboxylic acids is 1. The summed E-state index contributed by atoms with van der Waals surface area (Å²) in [6.45, 7) is 1.62. The lowest BCUT2D eigenvalue weighted by atomic mass is 10.2. The fraction of sp³-hybridized carbons (Fsp3) is 0.133. The molecule has 104 valence electrons. The van der Waals surface area contributed by atoms with Crippen molar-refractivity contribution in [2.24, 2.45) is 0 Å². The van der Waals surface area contributed by atoms with Crippen LogP contribution in [0.25, 0.3) is 0 Å². The van der Waals surface area contributed by atoms with Crippen molar-refractivity contribution in [3.05, 3.63) is 60.2 Å². The first kappa shape index (κ1) is 14.0. The zero-order valence-corrected chi connectivity index (χ0v) is 10.9. The number of carbonyl (C=O) groups is 1. The lowest BCUT2D eigenvalue weighted by Gasteiger charge is -2.15. The highest BCUT2D eigenvalue weighted by Gasteiger charge is 2.14. The Balaban J connectivity index is 1.99. The molecule has 1 atom stereocenters. The summed E-state index contributed by atoms with van der Waals surface area (Å²) in [4.78, 5) is 11.9. The number of hydrogen-bond donors (Lipinski definition) is 2. The molecule has 1 amide bonds. The Kier molecular flexibility index (Phi) is 4.30. The molecule has 0 bridgehead atoms. The van der Waals surface area contributed by atoms with E-state index in [9.17, 15) is 13.6 Å². The average molecular weight is 276 g/mol. The van der Waals surface area contributed by atoms with E-state index in [1.165, 1.54) is 30.3 Å². The van der Waals surface area contributed by atoms with E-state index in [-0.39, 0.29) is 17.4 Å². The molecule has 20 heavy (non-hydrogen) atoms. The van der Waals surface area contributed by atoms with Gasteiger partial charge in [-0.15, -0.1) is 0 Å². The number of benzene rings is 2. The van der Waals surface area contributed by atoms with Crippen molar-refractivity contribution in [3.8, 4) is 0 Å². The monoisotopic (exact) mass is 276 g/mol. The summed E-state index contributed by atoms with van der Waals surface area (Å²) in [5.74, 6) is -1.13. The highest BCUT2D eigenvalue weighted by molar-refractivity contribution is 5.96. The Bertz CT molecular complexity index is 599. The van der Waals surface area contributed by atoms with Crippen molar-refractivity contribution < 1.29 is 13.6 Å². The maximum atomic E-state index is 13.4. The third kappa shape index (κ3) is 3.54. The van der Waals surface area contributed by atoms with E-state index >= 15 is 0 Å². The van der Waals surface area contributed by atoms with E-state index in [1.54, 1.807) is 25.1 Å². The molecule has 2 aromatic rings. The molecule has 0 saturated heterocycles. The van der Waals surface area contributed by atoms with Crippen LogP contribution in [0, 0.1) is 11.6 Å². The zero-order valence-electron chi connectivity index (χ0n) is 10.9. The van der Waals surface area contributed by atoms with E-state index in [0.29, 0.717) is 5.69 Å². The molecule has 2 N–H and O–H groups in total. The van der Waals surface area contributed by atoms with Crippen LogP contribution in [0.4, 0.5) is 20.2 Å². The van der Waals surface area contributed by atoms with E-state index in [2.05, 4.69) is 10.6 Å². The first-order valence-electron chi connectivity index (χ1n) is 6.14. The third-order valence-electron chi connectivity index (χ3n) is 2.75. The minimum atomic E-state index is -0.628. The first-order chi connectivity index (χ1) is 9.56. The largest absolute Gasteiger partial charge is 0.372 e. The van der Waals surface area contributed by atoms with Crippen molar-refractivity contribution in [1.82, 2.24) is 0 Å². The molecule has 2 aromatic carbocycles. The quantitative estimate of drug-likeness (QED) is 0.898. The first-order valence-corrected chi connectivity index (χ1v) is 6.14. The summed E-state index contributed by atoms with van der Waals surface area (Å²) in [5, 5.41) is 5.40. The summed E-state index contributed by atoms with van der Waals surface area (Å²) in [6.07, 6.45) is 0. The molecule has 0 aromatic heterocycles. The molecule has 0 aliphatic heterocycles. The smallest absolute Gasteiger partial charge is 0.246 e. The molecule has 3 nitrogen and oxygen atoms in total. The highest BCUT2D eigenvalue weighted by atomic mass is 19.1. The average Bonchev–Trinajstić information content (AvgIpc) is 2.44. The van der Waals surface area contributed by atoms with Crippen LogP contribution in [0.5, 0.6) is 0 Å². The number of para-hydroxylation sites is 1. The highest BCUT2D eigenvalue weighted by Crippen LogP contribution is 2.14. The van der Waals surface area contributed by atoms with Crippen LogP contribution in [0.2, 0.25) is 0 Å². The second kappa shape index (κ2) is 6.14. The predicted molar refractivity (Wildman–Crippen MR) is 74.5 cm³/mol. The maximum Gasteiger partial charge on any atom is 0.246 e. The molecule has 0 aliphatic carbocycles. The van der Waals surface area contributed by atoms with Gasteiger partial charge in [0.25, 0.3) is 0 Å². The number of hydrogen-bond acceptors (Lipinski definition) is 2. The van der Waals surface area contributed by atoms with Gasteiger partial charge in [-0.2, -0.15) is 0 Å². The van der Waals surface area contributed by atoms with Crippen molar-refractivity contribution in [1.29, 1.82) is 0 Å². The third-order valence-corrected chi connectivity index (χ3v) is 2.75. The molecule has 0 saturated carbocycles. The minimum Gasteiger partial charge on any atom is -0.372 e. The number of amides is 1. The summed E-state index contributed by atoms with van der Waals surface area (Å²) < 4.78 is 26.2. The van der Waals surface area contributed by atoms with Crippen LogP contribution in [-0.4, -0.2) is 11.9 Å². The Hall–Kier alpha value is -2.43. The number of halogens is 2. The fourth-order valence-electron chi connectivity index (χ4n) is 1.66. The van der Waals surface area contributed by atoms with E-state index in [4.69, 9.17) is 0 Å². The summed E-state index contributed by atoms with van der Waals surface area (Å²) in [5.41, 5.74) is 0.743. The molecule has 0 radical (unpaired) electrons. The van der Waals surface area contributed by atoms with Gasteiger partial charge in [-0.05, 0) is 43.3 Å². The molecular formula is C15H14F2N2O. The lowest BCUT2D eigenvalue weighted by Crippen LogP contribution is -2.32. The van der Waals surface area contributed by atoms with Gasteiger partial charge in [-0.1, -0.05) is 12.1 Å². The Labute approximate surface area is 115 Å². The molecule has 0 aliphatic rings. The number of anilines is 2. The van der Waals surface area contributed by atoms with E-state index in [0.717, 1.165) is 0 Å². The van der Waals surface area contributed by atoms with Crippen LogP contribution in [0.1, 0.15) is 6.92 Å². The van der Waals surface area contributed by atoms with Crippen LogP contribution in [0.15, 0.2) is 48.5 Å². The van der Waals surface area contributed by atoms with Gasteiger partial charge >= 0.3 is 0 Å². The Morgan fingerprint density at radius 1 is 1.05 bits per heavy atom. The zero-order chi connectivity index (χ0) is 14.5. The van der Waals surface area contributed by atoms with E-state index in [1.807, 2.05) is 0 Å². The number of nitrogens with one attached hydrogen (secondary N) is 2. The predicted octanol–water partition coefficient (Wildman–Crippen LogP) is 3.40. The topological polar surface area (TPSA) is 41.1 Å². The molecule has 0 spiro atoms. The standard InChI is InChI=1S/C15H14F2N2O/c1-10(18-14-5-3-2-4-13(14)17)15(20)19-12-8-6-11(16)7-9-12/h2-10,18H,1H3,(H,19,20). The van der Waals surface area contributed by atoms with Gasteiger partial charge in [0.1, 0.15) is 17.7 Å². The second-order valence-electron chi connectivity index (χ2n) is 4.34. The lowest BCUT2D eigenvalue weighted by molar-refractivity contribution is -0.116. The minimum absolute atomic E-state index is 0.259. The van der Waals surface area contributed by atoms with Gasteiger partial charge in [0, 0.05) is 5.69 Å². The van der Waals surface area contributed by atoms with Crippen LogP contribution < -0.4 is 10.6 Å². The van der Waals surface area contributed by atoms with Gasteiger partial charge in [0.05, 0.1) is 5.69 Å². The summed E-state index contributed by atoms with van der Waals surface area (Å²) in [6, 6.07) is 10.9. The molecule has 1 unspecified atom stereocenters. The Morgan fingerprint density at radius 3 is 2.35 bits per heavy atom. The normalized spacial score (nSPS) is 11.8. The number of rotatable bonds is 4. The van der Waals surface area contributed by atoms with Crippen molar-refractivity contribution in [2.75, 3.05) is 10.6 Å². The fourth-order valence-corrected chi connectivity index (χ4v) is 1.66. The SMILES string of the molecule is CC(Nc1ccccc1F)C(=O)Nc1ccc(F)cc1. The van der Waals surface area contributed by atoms with Gasteiger partial charge < -0.3 is 10.6 Å². The summed E-state index contributed by atoms with van der Waals surface area (Å²) in [7, 11) is 0. The van der Waals surface area contributed by atoms with Crippen LogP contribution in [0.3, 0.4) is 0 Å². The molecule has 0 fully saturated rings. The van der Waals surface area contributed by atoms with Crippen molar-refractivity contribution >= 4 is 17.3 Å². The Morgan fingerprint density at radius 2 is 1.70 bits per heavy atom. The maximum absolute atomic E-state index is 13.4. The molecule has 2 rings (SSSR count). The summed E-state index contributed by atoms with van der Waals surface area (Å²) >= 11 is 0. The molecule has 0 heterocycles. The second-order valence-corrected chi connectivity index (χ2v) is 4.34. The van der Waals surface area contributed by atoms with Crippen molar-refractivity contribution in [2.45, 2.75) is 13.0 Å². The van der Waals surface area contributed by atoms with Gasteiger partial charge in [-0.25, -0.2) is 8.78 Å². The van der Waals surface area contributed by atoms with Crippen LogP contribution in [-0.2, 0) is 4.79 Å². The molecular weight excluding hydrogens is 262 g/mol. The van der Waals surface area contributed by atoms with Crippen LogP contribution >= 0.6 is 0 Å². The van der Waals surface area contributed by atoms with Gasteiger partial charge in [-0.3, -0.25) is 4.79 Å². The van der Waals surface area contributed by atoms with Gasteiger partial charge in [0.2, 0.25) is 5.91 Å². The van der Waals surface area contributed by atoms with Crippen molar-refractivity contribution in [3.63, 3.8) is 0 Å². The molecule has 5 heteroatoms.